The normalized spacial score (nSPS) is 15.9. The van der Waals surface area contributed by atoms with Crippen molar-refractivity contribution in [1.29, 1.82) is 0 Å². The molecule has 0 unspecified atom stereocenters. The molecule has 118 valence electrons. The molecule has 6 heteroatoms. The van der Waals surface area contributed by atoms with Gasteiger partial charge in [-0.25, -0.2) is 8.42 Å². The van der Waals surface area contributed by atoms with Crippen LogP contribution in [0.4, 0.5) is 0 Å². The second-order valence-corrected chi connectivity index (χ2v) is 8.17. The summed E-state index contributed by atoms with van der Waals surface area (Å²) in [6.07, 6.45) is 2.23. The molecule has 0 atom stereocenters. The predicted octanol–water partition coefficient (Wildman–Crippen LogP) is 2.87. The number of rotatable bonds is 7. The molecule has 0 amide bonds. The maximum absolute atomic E-state index is 12.9. The van der Waals surface area contributed by atoms with Crippen molar-refractivity contribution in [3.63, 3.8) is 0 Å². The molecule has 1 aliphatic rings. The summed E-state index contributed by atoms with van der Waals surface area (Å²) in [4.78, 5) is 0.214. The van der Waals surface area contributed by atoms with Crippen molar-refractivity contribution in [1.82, 2.24) is 9.62 Å². The van der Waals surface area contributed by atoms with E-state index in [4.69, 9.17) is 11.6 Å². The Morgan fingerprint density at radius 3 is 2.57 bits per heavy atom. The number of halogens is 1. The van der Waals surface area contributed by atoms with Gasteiger partial charge in [-0.2, -0.15) is 4.31 Å². The van der Waals surface area contributed by atoms with Crippen LogP contribution in [0.3, 0.4) is 0 Å². The minimum atomic E-state index is -3.55. The van der Waals surface area contributed by atoms with Crippen molar-refractivity contribution in [2.45, 2.75) is 44.2 Å². The molecule has 1 aliphatic carbocycles. The second-order valence-electron chi connectivity index (χ2n) is 5.91. The average Bonchev–Trinajstić information content (AvgIpc) is 3.22. The van der Waals surface area contributed by atoms with Crippen molar-refractivity contribution in [2.75, 3.05) is 13.6 Å². The van der Waals surface area contributed by atoms with Crippen LogP contribution in [0.25, 0.3) is 0 Å². The lowest BCUT2D eigenvalue weighted by atomic mass is 10.2. The van der Waals surface area contributed by atoms with E-state index in [2.05, 4.69) is 5.32 Å². The fourth-order valence-electron chi connectivity index (χ4n) is 2.33. The van der Waals surface area contributed by atoms with Crippen LogP contribution in [0.15, 0.2) is 23.1 Å². The maximum atomic E-state index is 12.9. The van der Waals surface area contributed by atoms with Gasteiger partial charge in [-0.05, 0) is 57.4 Å². The van der Waals surface area contributed by atoms with E-state index >= 15 is 0 Å². The summed E-state index contributed by atoms with van der Waals surface area (Å²) in [6.45, 7) is 5.02. The van der Waals surface area contributed by atoms with Crippen LogP contribution < -0.4 is 5.32 Å². The Balaban J connectivity index is 2.38. The molecule has 1 aromatic carbocycles. The number of sulfonamides is 1. The van der Waals surface area contributed by atoms with Gasteiger partial charge in [0, 0.05) is 19.1 Å². The highest BCUT2D eigenvalue weighted by atomic mass is 35.5. The first-order valence-corrected chi connectivity index (χ1v) is 9.13. The maximum Gasteiger partial charge on any atom is 0.244 e. The molecule has 1 saturated carbocycles. The van der Waals surface area contributed by atoms with Gasteiger partial charge in [-0.1, -0.05) is 17.7 Å². The van der Waals surface area contributed by atoms with Crippen LogP contribution >= 0.6 is 11.6 Å². The van der Waals surface area contributed by atoms with Crippen LogP contribution in [0.2, 0.25) is 5.02 Å². The van der Waals surface area contributed by atoms with Crippen LogP contribution in [0, 0.1) is 5.92 Å². The number of benzene rings is 1. The molecular formula is C15H23ClN2O2S. The number of nitrogens with zero attached hydrogens (tertiary/aromatic N) is 1. The van der Waals surface area contributed by atoms with E-state index in [0.717, 1.165) is 18.4 Å². The van der Waals surface area contributed by atoms with E-state index in [-0.39, 0.29) is 16.0 Å². The summed E-state index contributed by atoms with van der Waals surface area (Å²) in [6, 6.07) is 5.12. The van der Waals surface area contributed by atoms with Gasteiger partial charge in [0.1, 0.15) is 4.90 Å². The lowest BCUT2D eigenvalue weighted by Crippen LogP contribution is -2.38. The predicted molar refractivity (Wildman–Crippen MR) is 86.0 cm³/mol. The zero-order valence-electron chi connectivity index (χ0n) is 12.8. The molecule has 2 rings (SSSR count). The van der Waals surface area contributed by atoms with Crippen molar-refractivity contribution in [2.24, 2.45) is 5.92 Å². The zero-order chi connectivity index (χ0) is 15.6. The van der Waals surface area contributed by atoms with E-state index < -0.39 is 10.0 Å². The molecule has 0 aliphatic heterocycles. The fourth-order valence-corrected chi connectivity index (χ4v) is 4.57. The van der Waals surface area contributed by atoms with Crippen LogP contribution in [-0.2, 0) is 16.6 Å². The molecule has 0 aromatic heterocycles. The number of hydrogen-bond donors (Lipinski definition) is 1. The van der Waals surface area contributed by atoms with E-state index in [1.54, 1.807) is 16.4 Å². The minimum Gasteiger partial charge on any atom is -0.316 e. The molecule has 4 nitrogen and oxygen atoms in total. The molecular weight excluding hydrogens is 308 g/mol. The lowest BCUT2D eigenvalue weighted by Gasteiger charge is -2.26. The smallest absolute Gasteiger partial charge is 0.244 e. The molecule has 21 heavy (non-hydrogen) atoms. The highest BCUT2D eigenvalue weighted by molar-refractivity contribution is 7.89. The Labute approximate surface area is 132 Å². The summed E-state index contributed by atoms with van der Waals surface area (Å²) in [5.74, 6) is 0.501. The monoisotopic (exact) mass is 330 g/mol. The van der Waals surface area contributed by atoms with Gasteiger partial charge in [0.05, 0.1) is 5.02 Å². The van der Waals surface area contributed by atoms with E-state index in [0.29, 0.717) is 19.0 Å². The molecule has 0 spiro atoms. The van der Waals surface area contributed by atoms with Crippen molar-refractivity contribution in [3.8, 4) is 0 Å². The van der Waals surface area contributed by atoms with Gasteiger partial charge in [-0.15, -0.1) is 0 Å². The summed E-state index contributed by atoms with van der Waals surface area (Å²) in [5.41, 5.74) is 0.913. The topological polar surface area (TPSA) is 49.4 Å². The highest BCUT2D eigenvalue weighted by Gasteiger charge is 2.34. The molecule has 1 fully saturated rings. The van der Waals surface area contributed by atoms with E-state index in [1.807, 2.05) is 27.0 Å². The zero-order valence-corrected chi connectivity index (χ0v) is 14.3. The number of nitrogens with one attached hydrogen (secondary N) is 1. The Morgan fingerprint density at radius 1 is 1.38 bits per heavy atom. The van der Waals surface area contributed by atoms with Gasteiger partial charge < -0.3 is 5.32 Å². The van der Waals surface area contributed by atoms with Gasteiger partial charge in [-0.3, -0.25) is 0 Å². The molecule has 1 N–H and O–H groups in total. The first-order valence-electron chi connectivity index (χ1n) is 7.31. The summed E-state index contributed by atoms with van der Waals surface area (Å²) >= 11 is 6.16. The summed E-state index contributed by atoms with van der Waals surface area (Å²) in [5, 5.41) is 3.31. The Kier molecular flexibility index (Phi) is 5.30. The van der Waals surface area contributed by atoms with Crippen LogP contribution in [0.1, 0.15) is 32.3 Å². The van der Waals surface area contributed by atoms with Gasteiger partial charge >= 0.3 is 0 Å². The quantitative estimate of drug-likeness (QED) is 0.836. The molecule has 0 saturated heterocycles. The average molecular weight is 331 g/mol. The SMILES string of the molecule is CNCc1ccc(Cl)c(S(=O)(=O)N(CC2CC2)C(C)C)c1. The summed E-state index contributed by atoms with van der Waals surface area (Å²) in [7, 11) is -1.72. The Hall–Kier alpha value is -0.620. The standard InChI is InChI=1S/C15H23ClN2O2S/c1-11(2)18(10-12-4-5-12)21(19,20)15-8-13(9-17-3)6-7-14(15)16/h6-8,11-12,17H,4-5,9-10H2,1-3H3. The Bertz CT molecular complexity index is 598. The van der Waals surface area contributed by atoms with Crippen LogP contribution in [-0.4, -0.2) is 32.4 Å². The molecule has 1 aromatic rings. The molecule has 0 heterocycles. The molecule has 0 bridgehead atoms. The largest absolute Gasteiger partial charge is 0.316 e. The van der Waals surface area contributed by atoms with E-state index in [9.17, 15) is 8.42 Å². The fraction of sp³-hybridized carbons (Fsp3) is 0.600. The van der Waals surface area contributed by atoms with Crippen molar-refractivity contribution >= 4 is 21.6 Å². The van der Waals surface area contributed by atoms with Crippen molar-refractivity contribution < 1.29 is 8.42 Å². The first kappa shape index (κ1) is 16.7. The molecule has 0 radical (unpaired) electrons. The minimum absolute atomic E-state index is 0.0698. The van der Waals surface area contributed by atoms with Gasteiger partial charge in [0.15, 0.2) is 0 Å². The number of hydrogen-bond acceptors (Lipinski definition) is 3. The Morgan fingerprint density at radius 2 is 2.05 bits per heavy atom. The second kappa shape index (κ2) is 6.65. The lowest BCUT2D eigenvalue weighted by molar-refractivity contribution is 0.341. The third kappa shape index (κ3) is 3.97. The third-order valence-electron chi connectivity index (χ3n) is 3.67. The van der Waals surface area contributed by atoms with Gasteiger partial charge in [0.2, 0.25) is 10.0 Å². The first-order chi connectivity index (χ1) is 9.86. The summed E-state index contributed by atoms with van der Waals surface area (Å²) < 4.78 is 27.4. The van der Waals surface area contributed by atoms with Crippen molar-refractivity contribution in [3.05, 3.63) is 28.8 Å². The van der Waals surface area contributed by atoms with Crippen LogP contribution in [0.5, 0.6) is 0 Å². The van der Waals surface area contributed by atoms with E-state index in [1.165, 1.54) is 0 Å². The highest BCUT2D eigenvalue weighted by Crippen LogP contribution is 2.34. The third-order valence-corrected chi connectivity index (χ3v) is 6.20. The van der Waals surface area contributed by atoms with Gasteiger partial charge in [0.25, 0.3) is 0 Å².